The maximum absolute atomic E-state index is 5.95. The molecule has 1 aliphatic heterocycles. The first-order valence-electron chi connectivity index (χ1n) is 8.18. The summed E-state index contributed by atoms with van der Waals surface area (Å²) in [6, 6.07) is 4.22. The first-order chi connectivity index (χ1) is 10.8. The standard InChI is InChI=1S/C16H22N6/c17-16-19-14(11-3-1-4-11)9-15(20-16)22-8-2-5-12(10-22)13-6-7-18-21-13/h6-7,9,11-12H,1-5,8,10H2,(H,18,21)(H2,17,19,20). The molecule has 0 spiro atoms. The lowest BCUT2D eigenvalue weighted by atomic mass is 9.83. The fraction of sp³-hybridized carbons (Fsp3) is 0.562. The Kier molecular flexibility index (Phi) is 3.44. The number of anilines is 2. The minimum Gasteiger partial charge on any atom is -0.368 e. The van der Waals surface area contributed by atoms with Gasteiger partial charge in [-0.3, -0.25) is 5.10 Å². The highest BCUT2D eigenvalue weighted by Gasteiger charge is 2.26. The molecule has 2 aliphatic rings. The van der Waals surface area contributed by atoms with Crippen LogP contribution in [0.5, 0.6) is 0 Å². The maximum Gasteiger partial charge on any atom is 0.222 e. The second-order valence-corrected chi connectivity index (χ2v) is 6.43. The molecule has 1 aliphatic carbocycles. The molecule has 2 fully saturated rings. The van der Waals surface area contributed by atoms with Crippen molar-refractivity contribution in [3.05, 3.63) is 29.7 Å². The third-order valence-electron chi connectivity index (χ3n) is 4.98. The summed E-state index contributed by atoms with van der Waals surface area (Å²) in [5, 5.41) is 7.18. The molecule has 6 heteroatoms. The summed E-state index contributed by atoms with van der Waals surface area (Å²) < 4.78 is 0. The van der Waals surface area contributed by atoms with Crippen LogP contribution < -0.4 is 10.6 Å². The summed E-state index contributed by atoms with van der Waals surface area (Å²) in [4.78, 5) is 11.3. The van der Waals surface area contributed by atoms with E-state index in [0.717, 1.165) is 31.0 Å². The lowest BCUT2D eigenvalue weighted by Crippen LogP contribution is -2.35. The van der Waals surface area contributed by atoms with E-state index in [0.29, 0.717) is 17.8 Å². The van der Waals surface area contributed by atoms with Gasteiger partial charge >= 0.3 is 0 Å². The average molecular weight is 298 g/mol. The summed E-state index contributed by atoms with van der Waals surface area (Å²) in [6.45, 7) is 1.99. The molecule has 0 amide bonds. The summed E-state index contributed by atoms with van der Waals surface area (Å²) in [5.41, 5.74) is 8.28. The SMILES string of the molecule is Nc1nc(C2CCC2)cc(N2CCCC(c3ccn[nH]3)C2)n1. The number of piperidine rings is 1. The van der Waals surface area contributed by atoms with Crippen molar-refractivity contribution in [3.63, 3.8) is 0 Å². The van der Waals surface area contributed by atoms with Crippen LogP contribution in [0.25, 0.3) is 0 Å². The lowest BCUT2D eigenvalue weighted by Gasteiger charge is -2.34. The Balaban J connectivity index is 1.56. The quantitative estimate of drug-likeness (QED) is 0.909. The fourth-order valence-electron chi connectivity index (χ4n) is 3.48. The van der Waals surface area contributed by atoms with E-state index >= 15 is 0 Å². The average Bonchev–Trinajstić information content (AvgIpc) is 2.99. The molecule has 1 saturated carbocycles. The Labute approximate surface area is 130 Å². The molecule has 0 aromatic carbocycles. The van der Waals surface area contributed by atoms with Crippen molar-refractivity contribution in [2.75, 3.05) is 23.7 Å². The number of nitrogens with zero attached hydrogens (tertiary/aromatic N) is 4. The van der Waals surface area contributed by atoms with Gasteiger partial charge in [0.15, 0.2) is 0 Å². The van der Waals surface area contributed by atoms with E-state index in [1.165, 1.54) is 31.4 Å². The highest BCUT2D eigenvalue weighted by molar-refractivity contribution is 5.45. The molecule has 1 saturated heterocycles. The van der Waals surface area contributed by atoms with Gasteiger partial charge in [-0.05, 0) is 31.7 Å². The van der Waals surface area contributed by atoms with Crippen LogP contribution in [0.15, 0.2) is 18.3 Å². The molecule has 0 radical (unpaired) electrons. The number of hydrogen-bond donors (Lipinski definition) is 2. The van der Waals surface area contributed by atoms with Gasteiger partial charge in [-0.2, -0.15) is 10.1 Å². The summed E-state index contributed by atoms with van der Waals surface area (Å²) in [7, 11) is 0. The van der Waals surface area contributed by atoms with Crippen LogP contribution in [0.4, 0.5) is 11.8 Å². The van der Waals surface area contributed by atoms with Crippen molar-refractivity contribution in [1.29, 1.82) is 0 Å². The zero-order chi connectivity index (χ0) is 14.9. The van der Waals surface area contributed by atoms with Crippen LogP contribution in [0.1, 0.15) is 55.3 Å². The van der Waals surface area contributed by atoms with Gasteiger partial charge in [0.2, 0.25) is 5.95 Å². The number of H-pyrrole nitrogens is 1. The fourth-order valence-corrected chi connectivity index (χ4v) is 3.48. The molecule has 3 heterocycles. The van der Waals surface area contributed by atoms with Crippen molar-refractivity contribution in [2.24, 2.45) is 0 Å². The van der Waals surface area contributed by atoms with Gasteiger partial charge in [-0.15, -0.1) is 0 Å². The second-order valence-electron chi connectivity index (χ2n) is 6.43. The Morgan fingerprint density at radius 2 is 2.00 bits per heavy atom. The first-order valence-corrected chi connectivity index (χ1v) is 8.18. The molecule has 0 bridgehead atoms. The van der Waals surface area contributed by atoms with Crippen LogP contribution in [-0.4, -0.2) is 33.3 Å². The predicted octanol–water partition coefficient (Wildman–Crippen LogP) is 2.43. The lowest BCUT2D eigenvalue weighted by molar-refractivity contribution is 0.410. The molecule has 3 N–H and O–H groups in total. The molecule has 2 aromatic heterocycles. The van der Waals surface area contributed by atoms with Crippen molar-refractivity contribution in [2.45, 2.75) is 43.9 Å². The number of nitrogens with one attached hydrogen (secondary N) is 1. The van der Waals surface area contributed by atoms with Crippen molar-refractivity contribution in [3.8, 4) is 0 Å². The van der Waals surface area contributed by atoms with Gasteiger partial charge in [0.05, 0.1) is 5.69 Å². The molecule has 1 unspecified atom stereocenters. The van der Waals surface area contributed by atoms with Gasteiger partial charge in [-0.1, -0.05) is 6.42 Å². The number of nitrogens with two attached hydrogens (primary N) is 1. The molecule has 22 heavy (non-hydrogen) atoms. The number of aromatic nitrogens is 4. The predicted molar refractivity (Wildman–Crippen MR) is 85.8 cm³/mol. The van der Waals surface area contributed by atoms with Gasteiger partial charge < -0.3 is 10.6 Å². The van der Waals surface area contributed by atoms with Crippen LogP contribution in [-0.2, 0) is 0 Å². The summed E-state index contributed by atoms with van der Waals surface area (Å²) in [6.07, 6.45) is 7.93. The molecule has 116 valence electrons. The largest absolute Gasteiger partial charge is 0.368 e. The monoisotopic (exact) mass is 298 g/mol. The highest BCUT2D eigenvalue weighted by Crippen LogP contribution is 2.37. The van der Waals surface area contributed by atoms with E-state index in [-0.39, 0.29) is 0 Å². The van der Waals surface area contributed by atoms with Crippen LogP contribution in [0.2, 0.25) is 0 Å². The molecule has 4 rings (SSSR count). The number of nitrogen functional groups attached to an aromatic ring is 1. The second kappa shape index (κ2) is 5.59. The van der Waals surface area contributed by atoms with Crippen molar-refractivity contribution < 1.29 is 0 Å². The van der Waals surface area contributed by atoms with Crippen LogP contribution in [0.3, 0.4) is 0 Å². The Hall–Kier alpha value is -2.11. The van der Waals surface area contributed by atoms with E-state index in [4.69, 9.17) is 5.73 Å². The van der Waals surface area contributed by atoms with E-state index in [9.17, 15) is 0 Å². The van der Waals surface area contributed by atoms with E-state index in [2.05, 4.69) is 37.2 Å². The molecule has 1 atom stereocenters. The summed E-state index contributed by atoms with van der Waals surface area (Å²) in [5.74, 6) is 2.46. The zero-order valence-electron chi connectivity index (χ0n) is 12.7. The smallest absolute Gasteiger partial charge is 0.222 e. The first kappa shape index (κ1) is 13.5. The zero-order valence-corrected chi connectivity index (χ0v) is 12.7. The van der Waals surface area contributed by atoms with E-state index < -0.39 is 0 Å². The number of hydrogen-bond acceptors (Lipinski definition) is 5. The van der Waals surface area contributed by atoms with E-state index in [1.54, 1.807) is 0 Å². The number of aromatic amines is 1. The van der Waals surface area contributed by atoms with Crippen molar-refractivity contribution >= 4 is 11.8 Å². The Morgan fingerprint density at radius 3 is 2.73 bits per heavy atom. The van der Waals surface area contributed by atoms with Gasteiger partial charge in [0, 0.05) is 42.9 Å². The number of rotatable bonds is 3. The molecular formula is C16H22N6. The third-order valence-corrected chi connectivity index (χ3v) is 4.98. The van der Waals surface area contributed by atoms with Crippen LogP contribution in [0, 0.1) is 0 Å². The van der Waals surface area contributed by atoms with Gasteiger partial charge in [-0.25, -0.2) is 4.98 Å². The molecule has 2 aromatic rings. The minimum atomic E-state index is 0.406. The molecule has 6 nitrogen and oxygen atoms in total. The minimum absolute atomic E-state index is 0.406. The van der Waals surface area contributed by atoms with Gasteiger partial charge in [0.1, 0.15) is 5.82 Å². The maximum atomic E-state index is 5.95. The Morgan fingerprint density at radius 1 is 1.14 bits per heavy atom. The topological polar surface area (TPSA) is 83.7 Å². The summed E-state index contributed by atoms with van der Waals surface area (Å²) >= 11 is 0. The normalized spacial score (nSPS) is 22.5. The van der Waals surface area contributed by atoms with E-state index in [1.807, 2.05) is 6.20 Å². The van der Waals surface area contributed by atoms with Crippen molar-refractivity contribution in [1.82, 2.24) is 20.2 Å². The third kappa shape index (κ3) is 2.53. The Bertz CT molecular complexity index is 634. The van der Waals surface area contributed by atoms with Gasteiger partial charge in [0.25, 0.3) is 0 Å². The van der Waals surface area contributed by atoms with Crippen LogP contribution >= 0.6 is 0 Å². The molecular weight excluding hydrogens is 276 g/mol. The highest BCUT2D eigenvalue weighted by atomic mass is 15.2.